The van der Waals surface area contributed by atoms with E-state index in [0.29, 0.717) is 24.9 Å². The molecule has 0 bridgehead atoms. The van der Waals surface area contributed by atoms with E-state index in [1.165, 1.54) is 13.0 Å². The monoisotopic (exact) mass is 531 g/mol. The Kier molecular flexibility index (Phi) is 13.5. The summed E-state index contributed by atoms with van der Waals surface area (Å²) < 4.78 is 5.57. The summed E-state index contributed by atoms with van der Waals surface area (Å²) in [6.45, 7) is 11.7. The lowest BCUT2D eigenvalue weighted by Gasteiger charge is -2.32. The molecule has 30 heavy (non-hydrogen) atoms. The number of piperidine rings is 1. The molecular formula is C22H38IN5O2. The highest BCUT2D eigenvalue weighted by Crippen LogP contribution is 2.14. The van der Waals surface area contributed by atoms with Gasteiger partial charge in [0.05, 0.1) is 6.54 Å². The van der Waals surface area contributed by atoms with E-state index < -0.39 is 0 Å². The number of aliphatic imine (C=N–C) groups is 1. The van der Waals surface area contributed by atoms with Gasteiger partial charge in [-0.05, 0) is 57.4 Å². The van der Waals surface area contributed by atoms with Gasteiger partial charge in [-0.2, -0.15) is 0 Å². The lowest BCUT2D eigenvalue weighted by molar-refractivity contribution is -0.122. The van der Waals surface area contributed by atoms with Crippen LogP contribution in [-0.2, 0) is 11.3 Å². The predicted octanol–water partition coefficient (Wildman–Crippen LogP) is 2.75. The van der Waals surface area contributed by atoms with E-state index >= 15 is 0 Å². The van der Waals surface area contributed by atoms with Crippen molar-refractivity contribution in [2.75, 3.05) is 39.3 Å². The maximum Gasteiger partial charge on any atom is 0.257 e. The summed E-state index contributed by atoms with van der Waals surface area (Å²) in [6, 6.07) is 8.22. The smallest absolute Gasteiger partial charge is 0.257 e. The van der Waals surface area contributed by atoms with E-state index in [1.807, 2.05) is 31.2 Å². The third kappa shape index (κ3) is 9.97. The maximum absolute atomic E-state index is 11.6. The van der Waals surface area contributed by atoms with Crippen LogP contribution in [0.4, 0.5) is 0 Å². The summed E-state index contributed by atoms with van der Waals surface area (Å²) in [7, 11) is 0. The first-order valence-corrected chi connectivity index (χ1v) is 10.9. The van der Waals surface area contributed by atoms with Crippen LogP contribution in [0.25, 0.3) is 0 Å². The van der Waals surface area contributed by atoms with E-state index in [2.05, 4.69) is 34.7 Å². The minimum Gasteiger partial charge on any atom is -0.484 e. The molecule has 8 heteroatoms. The van der Waals surface area contributed by atoms with Gasteiger partial charge in [-0.15, -0.1) is 24.0 Å². The lowest BCUT2D eigenvalue weighted by atomic mass is 10.1. The Morgan fingerprint density at radius 2 is 1.90 bits per heavy atom. The van der Waals surface area contributed by atoms with E-state index in [0.717, 1.165) is 44.0 Å². The zero-order valence-electron chi connectivity index (χ0n) is 18.6. The molecular weight excluding hydrogens is 493 g/mol. The van der Waals surface area contributed by atoms with Gasteiger partial charge in [-0.25, -0.2) is 4.99 Å². The molecule has 1 aliphatic heterocycles. The molecule has 0 saturated carbocycles. The molecule has 2 rings (SSSR count). The molecule has 3 N–H and O–H groups in total. The highest BCUT2D eigenvalue weighted by molar-refractivity contribution is 14.0. The highest BCUT2D eigenvalue weighted by atomic mass is 127. The van der Waals surface area contributed by atoms with Gasteiger partial charge in [0.15, 0.2) is 12.6 Å². The Balaban J connectivity index is 0.00000450. The van der Waals surface area contributed by atoms with Gasteiger partial charge in [0.2, 0.25) is 0 Å². The molecule has 1 aromatic rings. The molecule has 1 aromatic carbocycles. The van der Waals surface area contributed by atoms with Crippen molar-refractivity contribution in [3.05, 3.63) is 29.8 Å². The highest BCUT2D eigenvalue weighted by Gasteiger charge is 2.19. The number of likely N-dealkylation sites (tertiary alicyclic amines) is 1. The topological polar surface area (TPSA) is 78.0 Å². The molecule has 7 nitrogen and oxygen atoms in total. The van der Waals surface area contributed by atoms with Crippen molar-refractivity contribution in [1.29, 1.82) is 0 Å². The summed E-state index contributed by atoms with van der Waals surface area (Å²) in [5.74, 6) is 1.43. The van der Waals surface area contributed by atoms with Gasteiger partial charge < -0.3 is 25.6 Å². The third-order valence-electron chi connectivity index (χ3n) is 4.87. The van der Waals surface area contributed by atoms with Crippen molar-refractivity contribution in [3.63, 3.8) is 0 Å². The van der Waals surface area contributed by atoms with Gasteiger partial charge in [0.1, 0.15) is 5.75 Å². The van der Waals surface area contributed by atoms with Crippen LogP contribution in [0.15, 0.2) is 29.3 Å². The second-order valence-electron chi connectivity index (χ2n) is 7.35. The first-order valence-electron chi connectivity index (χ1n) is 10.9. The van der Waals surface area contributed by atoms with E-state index in [-0.39, 0.29) is 36.5 Å². The maximum atomic E-state index is 11.6. The van der Waals surface area contributed by atoms with Crippen molar-refractivity contribution in [2.45, 2.75) is 52.6 Å². The largest absolute Gasteiger partial charge is 0.484 e. The molecule has 0 atom stereocenters. The molecule has 0 radical (unpaired) electrons. The van der Waals surface area contributed by atoms with Gasteiger partial charge in [-0.1, -0.05) is 19.1 Å². The minimum absolute atomic E-state index is 0. The Hall–Kier alpha value is -1.55. The molecule has 0 spiro atoms. The molecule has 1 saturated heterocycles. The Morgan fingerprint density at radius 3 is 2.57 bits per heavy atom. The van der Waals surface area contributed by atoms with Gasteiger partial charge in [0.25, 0.3) is 5.91 Å². The van der Waals surface area contributed by atoms with Crippen LogP contribution in [0.5, 0.6) is 5.75 Å². The normalized spacial score (nSPS) is 15.2. The molecule has 0 aliphatic carbocycles. The van der Waals surface area contributed by atoms with Crippen LogP contribution in [0.3, 0.4) is 0 Å². The van der Waals surface area contributed by atoms with Crippen molar-refractivity contribution in [2.24, 2.45) is 4.99 Å². The SMILES string of the molecule is CCCN1CCC(NC(=NCc2cccc(OCC(=O)NCC)c2)NCC)CC1.I. The number of benzene rings is 1. The lowest BCUT2D eigenvalue weighted by Crippen LogP contribution is -2.48. The molecule has 1 fully saturated rings. The van der Waals surface area contributed by atoms with Crippen LogP contribution in [0.2, 0.25) is 0 Å². The minimum atomic E-state index is -0.112. The average Bonchev–Trinajstić information content (AvgIpc) is 2.73. The molecule has 1 heterocycles. The predicted molar refractivity (Wildman–Crippen MR) is 134 cm³/mol. The zero-order valence-corrected chi connectivity index (χ0v) is 20.9. The van der Waals surface area contributed by atoms with Crippen molar-refractivity contribution in [3.8, 4) is 5.75 Å². The summed E-state index contributed by atoms with van der Waals surface area (Å²) in [5.41, 5.74) is 1.05. The van der Waals surface area contributed by atoms with Crippen LogP contribution in [0.1, 0.15) is 45.6 Å². The van der Waals surface area contributed by atoms with Crippen molar-refractivity contribution < 1.29 is 9.53 Å². The summed E-state index contributed by atoms with van der Waals surface area (Å²) in [5, 5.41) is 9.66. The zero-order chi connectivity index (χ0) is 20.9. The third-order valence-corrected chi connectivity index (χ3v) is 4.87. The number of hydrogen-bond donors (Lipinski definition) is 3. The summed E-state index contributed by atoms with van der Waals surface area (Å²) in [6.07, 6.45) is 3.51. The average molecular weight is 531 g/mol. The van der Waals surface area contributed by atoms with Crippen LogP contribution in [0, 0.1) is 0 Å². The molecule has 0 aromatic heterocycles. The number of guanidine groups is 1. The fourth-order valence-corrected chi connectivity index (χ4v) is 3.43. The summed E-state index contributed by atoms with van der Waals surface area (Å²) in [4.78, 5) is 18.8. The fraction of sp³-hybridized carbons (Fsp3) is 0.636. The number of ether oxygens (including phenoxy) is 1. The quantitative estimate of drug-likeness (QED) is 0.246. The van der Waals surface area contributed by atoms with Gasteiger partial charge in [-0.3, -0.25) is 4.79 Å². The Bertz CT molecular complexity index is 648. The van der Waals surface area contributed by atoms with Crippen LogP contribution in [-0.4, -0.2) is 62.1 Å². The van der Waals surface area contributed by atoms with E-state index in [1.54, 1.807) is 0 Å². The van der Waals surface area contributed by atoms with E-state index in [4.69, 9.17) is 9.73 Å². The van der Waals surface area contributed by atoms with Crippen LogP contribution < -0.4 is 20.7 Å². The number of rotatable bonds is 10. The fourth-order valence-electron chi connectivity index (χ4n) is 3.43. The first-order chi connectivity index (χ1) is 14.1. The molecule has 170 valence electrons. The summed E-state index contributed by atoms with van der Waals surface area (Å²) >= 11 is 0. The van der Waals surface area contributed by atoms with Crippen LogP contribution >= 0.6 is 24.0 Å². The van der Waals surface area contributed by atoms with Crippen molar-refractivity contribution in [1.82, 2.24) is 20.9 Å². The number of carbonyl (C=O) groups excluding carboxylic acids is 1. The Labute approximate surface area is 198 Å². The number of carbonyl (C=O) groups is 1. The second kappa shape index (κ2) is 15.3. The molecule has 1 amide bonds. The van der Waals surface area contributed by atoms with Gasteiger partial charge >= 0.3 is 0 Å². The molecule has 0 unspecified atom stereocenters. The number of hydrogen-bond acceptors (Lipinski definition) is 4. The first kappa shape index (κ1) is 26.5. The number of likely N-dealkylation sites (N-methyl/N-ethyl adjacent to an activating group) is 1. The number of amides is 1. The number of nitrogens with zero attached hydrogens (tertiary/aromatic N) is 2. The van der Waals surface area contributed by atoms with Crippen molar-refractivity contribution >= 4 is 35.8 Å². The van der Waals surface area contributed by atoms with E-state index in [9.17, 15) is 4.79 Å². The number of nitrogens with one attached hydrogen (secondary N) is 3. The standard InChI is InChI=1S/C22H37N5O2.HI/c1-4-12-27-13-10-19(11-14-27)26-22(24-6-3)25-16-18-8-7-9-20(15-18)29-17-21(28)23-5-2;/h7-9,15,19H,4-6,10-14,16-17H2,1-3H3,(H,23,28)(H2,24,25,26);1H. The second-order valence-corrected chi connectivity index (χ2v) is 7.35. The Morgan fingerprint density at radius 1 is 1.17 bits per heavy atom. The molecule has 1 aliphatic rings. The van der Waals surface area contributed by atoms with Gasteiger partial charge in [0, 0.05) is 32.2 Å². The number of halogens is 1.